The number of hydrogen-bond acceptors (Lipinski definition) is 6. The number of amides is 1. The number of aromatic nitrogens is 1. The minimum Gasteiger partial charge on any atom is -0.496 e. The molecule has 0 radical (unpaired) electrons. The van der Waals surface area contributed by atoms with Gasteiger partial charge in [0.1, 0.15) is 17.1 Å². The summed E-state index contributed by atoms with van der Waals surface area (Å²) in [5, 5.41) is 7.58. The highest BCUT2D eigenvalue weighted by Gasteiger charge is 2.31. The molecule has 1 heterocycles. The number of para-hydroxylation sites is 1. The summed E-state index contributed by atoms with van der Waals surface area (Å²) < 4.78 is 11.9. The molecule has 1 amide bonds. The van der Waals surface area contributed by atoms with Gasteiger partial charge < -0.3 is 20.1 Å². The van der Waals surface area contributed by atoms with E-state index < -0.39 is 0 Å². The average Bonchev–Trinajstić information content (AvgIpc) is 3.33. The highest BCUT2D eigenvalue weighted by molar-refractivity contribution is 7.22. The number of methoxy groups -OCH3 is 2. The molecule has 0 aliphatic heterocycles. The fourth-order valence-electron chi connectivity index (χ4n) is 3.71. The maximum atomic E-state index is 13.0. The summed E-state index contributed by atoms with van der Waals surface area (Å²) in [6.45, 7) is 0. The summed E-state index contributed by atoms with van der Waals surface area (Å²) in [6.07, 6.45) is 2.96. The number of carbonyl (C=O) groups excluding carboxylic acids is 1. The largest absolute Gasteiger partial charge is 0.496 e. The summed E-state index contributed by atoms with van der Waals surface area (Å²) in [5.74, 6) is 0.827. The van der Waals surface area contributed by atoms with Gasteiger partial charge in [0.2, 0.25) is 0 Å². The van der Waals surface area contributed by atoms with Gasteiger partial charge in [-0.3, -0.25) is 4.79 Å². The van der Waals surface area contributed by atoms with E-state index in [1.807, 2.05) is 24.3 Å². The van der Waals surface area contributed by atoms with Crippen LogP contribution >= 0.6 is 11.3 Å². The Kier molecular flexibility index (Phi) is 5.34. The van der Waals surface area contributed by atoms with E-state index in [0.717, 1.165) is 34.6 Å². The fourth-order valence-corrected chi connectivity index (χ4v) is 4.64. The van der Waals surface area contributed by atoms with Crippen molar-refractivity contribution in [3.8, 4) is 11.5 Å². The van der Waals surface area contributed by atoms with Crippen molar-refractivity contribution in [1.82, 2.24) is 10.3 Å². The zero-order valence-corrected chi connectivity index (χ0v) is 16.7. The molecule has 3 aromatic rings. The Bertz CT molecular complexity index is 933. The van der Waals surface area contributed by atoms with Gasteiger partial charge >= 0.3 is 0 Å². The summed E-state index contributed by atoms with van der Waals surface area (Å²) in [5.41, 5.74) is 1.42. The number of nitrogens with one attached hydrogen (secondary N) is 2. The number of hydrogen-bond donors (Lipinski definition) is 2. The van der Waals surface area contributed by atoms with Crippen molar-refractivity contribution >= 4 is 32.6 Å². The van der Waals surface area contributed by atoms with Crippen LogP contribution in [0.25, 0.3) is 10.2 Å². The number of anilines is 1. The number of carbonyl (C=O) groups is 1. The Labute approximate surface area is 167 Å². The number of fused-ring (bicyclic) bond motifs is 1. The summed E-state index contributed by atoms with van der Waals surface area (Å²) >= 11 is 1.64. The van der Waals surface area contributed by atoms with Crippen molar-refractivity contribution < 1.29 is 14.3 Å². The van der Waals surface area contributed by atoms with Crippen LogP contribution in [-0.4, -0.2) is 37.2 Å². The number of rotatable bonds is 6. The number of benzene rings is 2. The lowest BCUT2D eigenvalue weighted by atomic mass is 10.1. The van der Waals surface area contributed by atoms with Crippen LogP contribution in [0.4, 0.5) is 5.13 Å². The Morgan fingerprint density at radius 3 is 2.46 bits per heavy atom. The molecule has 0 unspecified atom stereocenters. The van der Waals surface area contributed by atoms with E-state index in [1.54, 1.807) is 37.7 Å². The van der Waals surface area contributed by atoms with Crippen molar-refractivity contribution in [2.75, 3.05) is 19.5 Å². The third kappa shape index (κ3) is 3.62. The van der Waals surface area contributed by atoms with Gasteiger partial charge in [0.25, 0.3) is 5.91 Å². The topological polar surface area (TPSA) is 72.5 Å². The first-order valence-corrected chi connectivity index (χ1v) is 10.1. The molecule has 2 atom stereocenters. The summed E-state index contributed by atoms with van der Waals surface area (Å²) in [4.78, 5) is 17.6. The second-order valence-corrected chi connectivity index (χ2v) is 7.82. The van der Waals surface area contributed by atoms with Crippen molar-refractivity contribution in [2.24, 2.45) is 0 Å². The van der Waals surface area contributed by atoms with Gasteiger partial charge in [-0.2, -0.15) is 0 Å². The molecule has 4 rings (SSSR count). The van der Waals surface area contributed by atoms with Crippen LogP contribution in [-0.2, 0) is 0 Å². The van der Waals surface area contributed by atoms with Crippen LogP contribution in [0.3, 0.4) is 0 Å². The van der Waals surface area contributed by atoms with E-state index in [4.69, 9.17) is 9.47 Å². The maximum absolute atomic E-state index is 13.0. The van der Waals surface area contributed by atoms with Gasteiger partial charge in [-0.1, -0.05) is 29.5 Å². The first kappa shape index (κ1) is 18.6. The van der Waals surface area contributed by atoms with E-state index in [9.17, 15) is 4.79 Å². The van der Waals surface area contributed by atoms with Crippen LogP contribution in [0.15, 0.2) is 42.5 Å². The molecule has 0 saturated heterocycles. The quantitative estimate of drug-likeness (QED) is 0.656. The van der Waals surface area contributed by atoms with Crippen molar-refractivity contribution in [3.05, 3.63) is 48.0 Å². The molecular weight excluding hydrogens is 374 g/mol. The highest BCUT2D eigenvalue weighted by Crippen LogP contribution is 2.31. The third-order valence-corrected chi connectivity index (χ3v) is 6.06. The predicted octanol–water partition coefficient (Wildman–Crippen LogP) is 4.08. The molecule has 2 N–H and O–H groups in total. The van der Waals surface area contributed by atoms with Crippen LogP contribution in [0, 0.1) is 0 Å². The van der Waals surface area contributed by atoms with Crippen LogP contribution in [0.5, 0.6) is 11.5 Å². The van der Waals surface area contributed by atoms with Gasteiger partial charge in [-0.05, 0) is 43.5 Å². The minimum absolute atomic E-state index is 0.0223. The maximum Gasteiger partial charge on any atom is 0.259 e. The van der Waals surface area contributed by atoms with Crippen molar-refractivity contribution in [3.63, 3.8) is 0 Å². The molecule has 1 aromatic heterocycles. The van der Waals surface area contributed by atoms with E-state index in [1.165, 1.54) is 0 Å². The lowest BCUT2D eigenvalue weighted by Gasteiger charge is -2.23. The van der Waals surface area contributed by atoms with Crippen molar-refractivity contribution in [1.29, 1.82) is 0 Å². The Balaban J connectivity index is 1.50. The molecule has 7 heteroatoms. The molecule has 2 aromatic carbocycles. The zero-order chi connectivity index (χ0) is 19.5. The van der Waals surface area contributed by atoms with E-state index in [2.05, 4.69) is 21.7 Å². The predicted molar refractivity (Wildman–Crippen MR) is 112 cm³/mol. The van der Waals surface area contributed by atoms with Gasteiger partial charge in [-0.15, -0.1) is 0 Å². The molecule has 28 heavy (non-hydrogen) atoms. The second kappa shape index (κ2) is 8.06. The van der Waals surface area contributed by atoms with E-state index >= 15 is 0 Å². The van der Waals surface area contributed by atoms with E-state index in [0.29, 0.717) is 17.1 Å². The van der Waals surface area contributed by atoms with Gasteiger partial charge in [-0.25, -0.2) is 4.98 Å². The summed E-state index contributed by atoms with van der Waals surface area (Å²) in [6, 6.07) is 13.6. The van der Waals surface area contributed by atoms with E-state index in [-0.39, 0.29) is 18.0 Å². The molecule has 1 saturated carbocycles. The third-order valence-electron chi connectivity index (χ3n) is 5.09. The normalized spacial score (nSPS) is 18.8. The number of thiazole rings is 1. The highest BCUT2D eigenvalue weighted by atomic mass is 32.1. The molecule has 6 nitrogen and oxygen atoms in total. The van der Waals surface area contributed by atoms with Crippen LogP contribution < -0.4 is 20.1 Å². The fraction of sp³-hybridized carbons (Fsp3) is 0.333. The molecule has 1 aliphatic rings. The Hall–Kier alpha value is -2.80. The van der Waals surface area contributed by atoms with Gasteiger partial charge in [0, 0.05) is 12.1 Å². The smallest absolute Gasteiger partial charge is 0.259 e. The van der Waals surface area contributed by atoms with Gasteiger partial charge in [0.05, 0.1) is 24.4 Å². The number of ether oxygens (including phenoxy) is 2. The average molecular weight is 398 g/mol. The monoisotopic (exact) mass is 397 g/mol. The lowest BCUT2D eigenvalue weighted by molar-refractivity contribution is 0.0929. The number of nitrogens with zero attached hydrogens (tertiary/aromatic N) is 1. The summed E-state index contributed by atoms with van der Waals surface area (Å²) in [7, 11) is 3.11. The molecule has 146 valence electrons. The first-order valence-electron chi connectivity index (χ1n) is 9.33. The molecule has 1 aliphatic carbocycles. The second-order valence-electron chi connectivity index (χ2n) is 6.79. The lowest BCUT2D eigenvalue weighted by Crippen LogP contribution is -2.43. The Morgan fingerprint density at radius 1 is 1.04 bits per heavy atom. The Morgan fingerprint density at radius 2 is 1.75 bits per heavy atom. The standard InChI is InChI=1S/C21H23N3O3S/c1-26-16-10-6-11-17(27-2)19(16)20(25)22-13-8-5-9-14(13)23-21-24-15-7-3-4-12-18(15)28-21/h3-4,6-7,10-14H,5,8-9H2,1-2H3,(H,22,25)(H,23,24)/t13-,14+/m1/s1. The molecule has 1 fully saturated rings. The van der Waals surface area contributed by atoms with Crippen LogP contribution in [0.1, 0.15) is 29.6 Å². The zero-order valence-electron chi connectivity index (χ0n) is 15.9. The minimum atomic E-state index is -0.183. The molecular formula is C21H23N3O3S. The van der Waals surface area contributed by atoms with Crippen molar-refractivity contribution in [2.45, 2.75) is 31.3 Å². The SMILES string of the molecule is COc1cccc(OC)c1C(=O)N[C@@H]1CCC[C@@H]1Nc1nc2ccccc2s1. The molecule has 0 bridgehead atoms. The first-order chi connectivity index (χ1) is 13.7. The molecule has 0 spiro atoms. The van der Waals surface area contributed by atoms with Gasteiger partial charge in [0.15, 0.2) is 5.13 Å². The van der Waals surface area contributed by atoms with Crippen LogP contribution in [0.2, 0.25) is 0 Å².